The molecule has 0 aliphatic carbocycles. The fraction of sp³-hybridized carbons (Fsp3) is 0.312. The van der Waals surface area contributed by atoms with Crippen molar-refractivity contribution in [3.05, 3.63) is 73.8 Å². The molecule has 6 aromatic rings. The van der Waals surface area contributed by atoms with E-state index < -0.39 is 11.1 Å². The number of H-pyrrole nitrogens is 2. The summed E-state index contributed by atoms with van der Waals surface area (Å²) in [5, 5.41) is 10.7. The second kappa shape index (κ2) is 12.2. The van der Waals surface area contributed by atoms with Crippen LogP contribution in [0.1, 0.15) is 41.5 Å². The molecule has 0 spiro atoms. The van der Waals surface area contributed by atoms with Crippen molar-refractivity contribution in [3.8, 4) is 22.3 Å². The van der Waals surface area contributed by atoms with Crippen molar-refractivity contribution < 1.29 is 19.1 Å². The van der Waals surface area contributed by atoms with Crippen LogP contribution >= 0.6 is 0 Å². The number of carbonyl (C=O) groups excluding carboxylic acids is 2. The Morgan fingerprint density at radius 1 is 0.705 bits per heavy atom. The highest BCUT2D eigenvalue weighted by Crippen LogP contribution is 2.30. The number of carbonyl (C=O) groups is 2. The molecule has 44 heavy (non-hydrogen) atoms. The number of rotatable bonds is 8. The molecule has 0 atom stereocenters. The van der Waals surface area contributed by atoms with Crippen molar-refractivity contribution in [2.75, 3.05) is 13.2 Å². The van der Waals surface area contributed by atoms with Crippen LogP contribution in [0.25, 0.3) is 44.3 Å². The number of esters is 2. The van der Waals surface area contributed by atoms with Gasteiger partial charge in [0.15, 0.2) is 11.1 Å². The number of pyridine rings is 2. The Balaban J connectivity index is 0.000000175. The van der Waals surface area contributed by atoms with E-state index in [4.69, 9.17) is 9.47 Å². The molecule has 0 aliphatic rings. The minimum absolute atomic E-state index is 0.300. The number of aromatic nitrogens is 8. The Morgan fingerprint density at radius 2 is 1.11 bits per heavy atom. The monoisotopic (exact) mass is 596 g/mol. The molecule has 0 bridgehead atoms. The van der Waals surface area contributed by atoms with Gasteiger partial charge in [-0.3, -0.25) is 9.36 Å². The maximum absolute atomic E-state index is 12.1. The molecule has 6 aromatic heterocycles. The first-order valence-electron chi connectivity index (χ1n) is 14.4. The van der Waals surface area contributed by atoms with Crippen LogP contribution in [0, 0.1) is 0 Å². The first-order chi connectivity index (χ1) is 21.1. The van der Waals surface area contributed by atoms with Gasteiger partial charge in [0.2, 0.25) is 0 Å². The quantitative estimate of drug-likeness (QED) is 0.221. The molecule has 228 valence electrons. The van der Waals surface area contributed by atoms with Gasteiger partial charge in [-0.1, -0.05) is 0 Å². The summed E-state index contributed by atoms with van der Waals surface area (Å²) < 4.78 is 13.5. The minimum atomic E-state index is -0.849. The van der Waals surface area contributed by atoms with E-state index in [-0.39, 0.29) is 11.9 Å². The zero-order chi connectivity index (χ0) is 31.5. The smallest absolute Gasteiger partial charge is 0.333 e. The number of ether oxygens (including phenoxy) is 2. The van der Waals surface area contributed by atoms with Gasteiger partial charge in [0.1, 0.15) is 11.3 Å². The highest BCUT2D eigenvalue weighted by Gasteiger charge is 2.33. The van der Waals surface area contributed by atoms with Crippen molar-refractivity contribution in [3.63, 3.8) is 0 Å². The SMILES string of the molecule is CCOC(=O)C(C)(C)n1cc(-c2ccnc3[nH]ccc23)cn1.CCOC(=O)C(C)(C)n1cc(-c2ccnc3[nH]ccc23)cn1. The van der Waals surface area contributed by atoms with Crippen LogP contribution in [0.3, 0.4) is 0 Å². The van der Waals surface area contributed by atoms with Gasteiger partial charge >= 0.3 is 11.9 Å². The lowest BCUT2D eigenvalue weighted by molar-refractivity contribution is -0.153. The topological polar surface area (TPSA) is 146 Å². The summed E-state index contributed by atoms with van der Waals surface area (Å²) in [6.45, 7) is 11.5. The van der Waals surface area contributed by atoms with E-state index in [9.17, 15) is 9.59 Å². The lowest BCUT2D eigenvalue weighted by Crippen LogP contribution is -2.37. The molecule has 12 heteroatoms. The molecule has 0 saturated carbocycles. The summed E-state index contributed by atoms with van der Waals surface area (Å²) in [5.41, 5.74) is 3.88. The largest absolute Gasteiger partial charge is 0.464 e. The number of aromatic amines is 2. The van der Waals surface area contributed by atoms with Crippen LogP contribution in [0.2, 0.25) is 0 Å². The first kappa shape index (κ1) is 30.2. The predicted octanol–water partition coefficient (Wildman–Crippen LogP) is 5.45. The number of fused-ring (bicyclic) bond motifs is 2. The zero-order valence-corrected chi connectivity index (χ0v) is 25.7. The molecule has 6 heterocycles. The molecule has 0 aromatic carbocycles. The average molecular weight is 597 g/mol. The number of hydrogen-bond acceptors (Lipinski definition) is 8. The second-order valence-corrected chi connectivity index (χ2v) is 11.1. The van der Waals surface area contributed by atoms with Gasteiger partial charge in [-0.05, 0) is 76.9 Å². The molecule has 12 nitrogen and oxygen atoms in total. The predicted molar refractivity (Wildman–Crippen MR) is 167 cm³/mol. The summed E-state index contributed by atoms with van der Waals surface area (Å²) >= 11 is 0. The third-order valence-electron chi connectivity index (χ3n) is 7.40. The van der Waals surface area contributed by atoms with E-state index >= 15 is 0 Å². The van der Waals surface area contributed by atoms with Gasteiger partial charge in [-0.15, -0.1) is 0 Å². The van der Waals surface area contributed by atoms with Gasteiger partial charge in [-0.25, -0.2) is 19.6 Å². The maximum atomic E-state index is 12.1. The van der Waals surface area contributed by atoms with Crippen LogP contribution < -0.4 is 0 Å². The molecule has 2 N–H and O–H groups in total. The lowest BCUT2D eigenvalue weighted by Gasteiger charge is -2.22. The van der Waals surface area contributed by atoms with E-state index in [2.05, 4.69) is 30.1 Å². The Hall–Kier alpha value is -5.26. The molecule has 0 aliphatic heterocycles. The summed E-state index contributed by atoms with van der Waals surface area (Å²) in [6, 6.07) is 7.83. The molecular formula is C32H36N8O4. The third-order valence-corrected chi connectivity index (χ3v) is 7.40. The normalized spacial score (nSPS) is 11.8. The van der Waals surface area contributed by atoms with Crippen LogP contribution in [0.5, 0.6) is 0 Å². The van der Waals surface area contributed by atoms with E-state index in [1.807, 2.05) is 49.1 Å². The van der Waals surface area contributed by atoms with Crippen molar-refractivity contribution in [1.82, 2.24) is 39.5 Å². The summed E-state index contributed by atoms with van der Waals surface area (Å²) in [4.78, 5) is 38.9. The highest BCUT2D eigenvalue weighted by molar-refractivity contribution is 5.93. The second-order valence-electron chi connectivity index (χ2n) is 11.1. The Kier molecular flexibility index (Phi) is 8.34. The average Bonchev–Trinajstić information content (AvgIpc) is 3.83. The molecule has 0 saturated heterocycles. The van der Waals surface area contributed by atoms with Crippen molar-refractivity contribution in [1.29, 1.82) is 0 Å². The fourth-order valence-electron chi connectivity index (χ4n) is 4.76. The van der Waals surface area contributed by atoms with Crippen molar-refractivity contribution in [2.45, 2.75) is 52.6 Å². The zero-order valence-electron chi connectivity index (χ0n) is 25.7. The molecular weight excluding hydrogens is 560 g/mol. The van der Waals surface area contributed by atoms with Crippen LogP contribution in [0.4, 0.5) is 0 Å². The van der Waals surface area contributed by atoms with Gasteiger partial charge in [0.05, 0.1) is 25.6 Å². The van der Waals surface area contributed by atoms with Gasteiger partial charge in [0, 0.05) is 59.1 Å². The molecule has 0 amide bonds. The first-order valence-corrected chi connectivity index (χ1v) is 14.4. The van der Waals surface area contributed by atoms with Crippen LogP contribution in [-0.4, -0.2) is 64.6 Å². The van der Waals surface area contributed by atoms with Crippen molar-refractivity contribution >= 4 is 34.0 Å². The highest BCUT2D eigenvalue weighted by atomic mass is 16.5. The summed E-state index contributed by atoms with van der Waals surface area (Å²) in [5.74, 6) is -0.600. The van der Waals surface area contributed by atoms with E-state index in [1.54, 1.807) is 75.7 Å². The molecule has 0 unspecified atom stereocenters. The maximum Gasteiger partial charge on any atom is 0.333 e. The Bertz CT molecular complexity index is 1770. The van der Waals surface area contributed by atoms with E-state index in [1.165, 1.54) is 0 Å². The summed E-state index contributed by atoms with van der Waals surface area (Å²) in [6.07, 6.45) is 14.4. The fourth-order valence-corrected chi connectivity index (χ4v) is 4.76. The lowest BCUT2D eigenvalue weighted by atomic mass is 10.1. The minimum Gasteiger partial charge on any atom is -0.464 e. The number of nitrogens with one attached hydrogen (secondary N) is 2. The Morgan fingerprint density at radius 3 is 1.50 bits per heavy atom. The van der Waals surface area contributed by atoms with E-state index in [0.29, 0.717) is 13.2 Å². The van der Waals surface area contributed by atoms with Gasteiger partial charge in [0.25, 0.3) is 0 Å². The van der Waals surface area contributed by atoms with Crippen molar-refractivity contribution in [2.24, 2.45) is 0 Å². The molecule has 0 fully saturated rings. The number of nitrogens with zero attached hydrogens (tertiary/aromatic N) is 6. The standard InChI is InChI=1S/2C16H18N4O2/c2*1-4-22-15(21)16(2,3)20-10-11(9-19-20)12-5-7-17-14-13(12)6-8-18-14/h2*5-10H,4H2,1-3H3,(H,17,18). The molecule has 6 rings (SSSR count). The van der Waals surface area contributed by atoms with Gasteiger partial charge in [-0.2, -0.15) is 10.2 Å². The van der Waals surface area contributed by atoms with Crippen LogP contribution in [0.15, 0.2) is 73.8 Å². The van der Waals surface area contributed by atoms with Crippen LogP contribution in [-0.2, 0) is 30.1 Å². The van der Waals surface area contributed by atoms with E-state index in [0.717, 1.165) is 44.3 Å². The molecule has 0 radical (unpaired) electrons. The third kappa shape index (κ3) is 5.70. The van der Waals surface area contributed by atoms with Gasteiger partial charge < -0.3 is 19.4 Å². The summed E-state index contributed by atoms with van der Waals surface area (Å²) in [7, 11) is 0. The Labute approximate surface area is 254 Å². The number of hydrogen-bond donors (Lipinski definition) is 2.